The fraction of sp³-hybridized carbons (Fsp3) is 0.846. The molecule has 1 aliphatic carbocycles. The summed E-state index contributed by atoms with van der Waals surface area (Å²) in [5.74, 6) is -0.965. The van der Waals surface area contributed by atoms with Crippen LogP contribution in [-0.2, 0) is 4.79 Å². The van der Waals surface area contributed by atoms with Gasteiger partial charge in [-0.3, -0.25) is 4.79 Å². The molecular weight excluding hydrogens is 303 g/mol. The lowest BCUT2D eigenvalue weighted by Gasteiger charge is -2.36. The largest absolute Gasteiger partial charge is 0.408 e. The highest BCUT2D eigenvalue weighted by Crippen LogP contribution is 2.40. The quantitative estimate of drug-likeness (QED) is 0.797. The molecule has 0 aromatic rings. The number of piperazine rings is 1. The van der Waals surface area contributed by atoms with E-state index in [9.17, 15) is 27.9 Å². The lowest BCUT2D eigenvalue weighted by Crippen LogP contribution is -2.57. The second-order valence-corrected chi connectivity index (χ2v) is 5.79. The van der Waals surface area contributed by atoms with E-state index in [0.717, 1.165) is 0 Å². The Morgan fingerprint density at radius 3 is 2.05 bits per heavy atom. The zero-order valence-electron chi connectivity index (χ0n) is 12.3. The molecule has 9 heteroatoms. The van der Waals surface area contributed by atoms with Crippen LogP contribution in [-0.4, -0.2) is 71.3 Å². The highest BCUT2D eigenvalue weighted by atomic mass is 19.4. The maximum absolute atomic E-state index is 12.9. The van der Waals surface area contributed by atoms with Crippen molar-refractivity contribution in [1.82, 2.24) is 15.1 Å². The lowest BCUT2D eigenvalue weighted by atomic mass is 10.2. The number of halogens is 3. The average molecular weight is 323 g/mol. The van der Waals surface area contributed by atoms with Gasteiger partial charge in [0.25, 0.3) is 5.91 Å². The molecule has 126 valence electrons. The summed E-state index contributed by atoms with van der Waals surface area (Å²) in [7, 11) is 0. The summed E-state index contributed by atoms with van der Waals surface area (Å²) in [6.07, 6.45) is -4.62. The molecule has 1 heterocycles. The van der Waals surface area contributed by atoms with Crippen LogP contribution >= 0.6 is 0 Å². The van der Waals surface area contributed by atoms with Crippen LogP contribution in [0.3, 0.4) is 0 Å². The van der Waals surface area contributed by atoms with E-state index in [4.69, 9.17) is 0 Å². The number of carbonyl (C=O) groups excluding carboxylic acids is 2. The molecule has 3 amide bonds. The number of alkyl halides is 3. The Hall–Kier alpha value is -1.51. The van der Waals surface area contributed by atoms with Crippen molar-refractivity contribution in [3.63, 3.8) is 0 Å². The summed E-state index contributed by atoms with van der Waals surface area (Å²) in [6, 6.07) is -2.55. The predicted molar refractivity (Wildman–Crippen MR) is 70.9 cm³/mol. The van der Waals surface area contributed by atoms with E-state index in [1.54, 1.807) is 0 Å². The first-order valence-electron chi connectivity index (χ1n) is 7.29. The number of nitrogens with zero attached hydrogens (tertiary/aromatic N) is 2. The van der Waals surface area contributed by atoms with Crippen molar-refractivity contribution in [2.24, 2.45) is 5.92 Å². The Morgan fingerprint density at radius 1 is 1.14 bits per heavy atom. The van der Waals surface area contributed by atoms with Crippen molar-refractivity contribution in [2.45, 2.75) is 38.1 Å². The standard InChI is InChI=1S/C13H20F3N3O3/c1-8(20)11(21)18-4-6-19(7-5-18)12(22)17-10(9-2-3-9)13(14,15)16/h8-10,20H,2-7H2,1H3,(H,17,22). The van der Waals surface area contributed by atoms with Crippen LogP contribution in [0, 0.1) is 5.92 Å². The van der Waals surface area contributed by atoms with Gasteiger partial charge in [-0.15, -0.1) is 0 Å². The minimum Gasteiger partial charge on any atom is -0.384 e. The van der Waals surface area contributed by atoms with Gasteiger partial charge in [-0.05, 0) is 25.7 Å². The van der Waals surface area contributed by atoms with Gasteiger partial charge in [0.1, 0.15) is 12.1 Å². The van der Waals surface area contributed by atoms with Gasteiger partial charge in [-0.25, -0.2) is 4.79 Å². The van der Waals surface area contributed by atoms with Crippen LogP contribution in [0.5, 0.6) is 0 Å². The van der Waals surface area contributed by atoms with Gasteiger partial charge in [-0.1, -0.05) is 0 Å². The molecule has 2 unspecified atom stereocenters. The summed E-state index contributed by atoms with van der Waals surface area (Å²) in [6.45, 7) is 2.07. The van der Waals surface area contributed by atoms with E-state index in [2.05, 4.69) is 5.32 Å². The lowest BCUT2D eigenvalue weighted by molar-refractivity contribution is -0.158. The second-order valence-electron chi connectivity index (χ2n) is 5.79. The van der Waals surface area contributed by atoms with E-state index in [1.807, 2.05) is 0 Å². The van der Waals surface area contributed by atoms with E-state index < -0.39 is 36.2 Å². The van der Waals surface area contributed by atoms with Crippen molar-refractivity contribution in [2.75, 3.05) is 26.2 Å². The molecule has 0 aromatic heterocycles. The van der Waals surface area contributed by atoms with E-state index in [1.165, 1.54) is 16.7 Å². The summed E-state index contributed by atoms with van der Waals surface area (Å²) in [4.78, 5) is 26.2. The van der Waals surface area contributed by atoms with Crippen molar-refractivity contribution >= 4 is 11.9 Å². The van der Waals surface area contributed by atoms with Crippen molar-refractivity contribution < 1.29 is 27.9 Å². The number of hydrogen-bond donors (Lipinski definition) is 2. The molecular formula is C13H20F3N3O3. The first-order chi connectivity index (χ1) is 10.2. The topological polar surface area (TPSA) is 72.9 Å². The predicted octanol–water partition coefficient (Wildman–Crippen LogP) is 0.562. The van der Waals surface area contributed by atoms with Gasteiger partial charge >= 0.3 is 12.2 Å². The summed E-state index contributed by atoms with van der Waals surface area (Å²) in [5, 5.41) is 11.3. The van der Waals surface area contributed by atoms with Crippen LogP contribution in [0.2, 0.25) is 0 Å². The smallest absolute Gasteiger partial charge is 0.384 e. The number of carbonyl (C=O) groups is 2. The molecule has 2 fully saturated rings. The van der Waals surface area contributed by atoms with Crippen molar-refractivity contribution in [3.8, 4) is 0 Å². The minimum absolute atomic E-state index is 0.152. The SMILES string of the molecule is CC(O)C(=O)N1CCN(C(=O)NC(C2CC2)C(F)(F)F)CC1. The van der Waals surface area contributed by atoms with E-state index in [0.29, 0.717) is 12.8 Å². The summed E-state index contributed by atoms with van der Waals surface area (Å²) < 4.78 is 38.6. The third-order valence-corrected chi connectivity index (χ3v) is 3.96. The number of nitrogens with one attached hydrogen (secondary N) is 1. The van der Waals surface area contributed by atoms with Gasteiger partial charge in [0, 0.05) is 26.2 Å². The monoisotopic (exact) mass is 323 g/mol. The first kappa shape index (κ1) is 16.9. The molecule has 2 rings (SSSR count). The third-order valence-electron chi connectivity index (χ3n) is 3.96. The molecule has 0 aromatic carbocycles. The number of aliphatic hydroxyl groups is 1. The highest BCUT2D eigenvalue weighted by molar-refractivity contribution is 5.81. The fourth-order valence-corrected chi connectivity index (χ4v) is 2.51. The minimum atomic E-state index is -4.44. The van der Waals surface area contributed by atoms with Gasteiger partial charge in [0.15, 0.2) is 0 Å². The Balaban J connectivity index is 1.86. The number of urea groups is 1. The normalized spacial score (nSPS) is 22.2. The maximum atomic E-state index is 12.9. The van der Waals surface area contributed by atoms with Crippen LogP contribution in [0.1, 0.15) is 19.8 Å². The average Bonchev–Trinajstić information content (AvgIpc) is 3.27. The van der Waals surface area contributed by atoms with E-state index >= 15 is 0 Å². The third kappa shape index (κ3) is 4.02. The first-order valence-corrected chi connectivity index (χ1v) is 7.29. The van der Waals surface area contributed by atoms with Gasteiger partial charge < -0.3 is 20.2 Å². The summed E-state index contributed by atoms with van der Waals surface area (Å²) in [5.41, 5.74) is 0. The zero-order chi connectivity index (χ0) is 16.5. The molecule has 0 radical (unpaired) electrons. The van der Waals surface area contributed by atoms with Crippen LogP contribution < -0.4 is 5.32 Å². The molecule has 2 N–H and O–H groups in total. The Labute approximate surface area is 126 Å². The Bertz CT molecular complexity index is 430. The number of aliphatic hydroxyl groups excluding tert-OH is 1. The maximum Gasteiger partial charge on any atom is 0.408 e. The molecule has 6 nitrogen and oxygen atoms in total. The number of hydrogen-bond acceptors (Lipinski definition) is 3. The number of rotatable bonds is 3. The summed E-state index contributed by atoms with van der Waals surface area (Å²) >= 11 is 0. The fourth-order valence-electron chi connectivity index (χ4n) is 2.51. The Kier molecular flexibility index (Phi) is 4.84. The van der Waals surface area contributed by atoms with Crippen LogP contribution in [0.15, 0.2) is 0 Å². The highest BCUT2D eigenvalue weighted by Gasteiger charge is 2.50. The second kappa shape index (κ2) is 6.31. The molecule has 2 atom stereocenters. The van der Waals surface area contributed by atoms with E-state index in [-0.39, 0.29) is 26.2 Å². The molecule has 2 aliphatic rings. The molecule has 22 heavy (non-hydrogen) atoms. The molecule has 0 spiro atoms. The zero-order valence-corrected chi connectivity index (χ0v) is 12.3. The van der Waals surface area contributed by atoms with Gasteiger partial charge in [-0.2, -0.15) is 13.2 Å². The van der Waals surface area contributed by atoms with Crippen LogP contribution in [0.4, 0.5) is 18.0 Å². The van der Waals surface area contributed by atoms with Gasteiger partial charge in [0.05, 0.1) is 0 Å². The van der Waals surface area contributed by atoms with Crippen molar-refractivity contribution in [1.29, 1.82) is 0 Å². The van der Waals surface area contributed by atoms with Gasteiger partial charge in [0.2, 0.25) is 0 Å². The molecule has 1 saturated heterocycles. The van der Waals surface area contributed by atoms with Crippen molar-refractivity contribution in [3.05, 3.63) is 0 Å². The molecule has 1 aliphatic heterocycles. The van der Waals surface area contributed by atoms with Crippen LogP contribution in [0.25, 0.3) is 0 Å². The molecule has 0 bridgehead atoms. The molecule has 1 saturated carbocycles. The number of amides is 3. The Morgan fingerprint density at radius 2 is 1.64 bits per heavy atom.